The van der Waals surface area contributed by atoms with Crippen molar-refractivity contribution in [2.24, 2.45) is 11.7 Å². The van der Waals surface area contributed by atoms with Gasteiger partial charge in [-0.05, 0) is 44.4 Å². The first-order chi connectivity index (χ1) is 14.5. The molecule has 0 heterocycles. The number of anilines is 1. The number of benzene rings is 1. The van der Waals surface area contributed by atoms with Crippen LogP contribution in [0.4, 0.5) is 10.5 Å². The highest BCUT2D eigenvalue weighted by Crippen LogP contribution is 2.16. The predicted octanol–water partition coefficient (Wildman–Crippen LogP) is 1.31. The highest BCUT2D eigenvalue weighted by Gasteiger charge is 2.33. The molecular weight excluding hydrogens is 440 g/mol. The third-order valence-electron chi connectivity index (χ3n) is 4.38. The number of primary amides is 1. The highest BCUT2D eigenvalue weighted by molar-refractivity contribution is 7.87. The molecule has 11 nitrogen and oxygen atoms in total. The van der Waals surface area contributed by atoms with Gasteiger partial charge in [0, 0.05) is 13.5 Å². The summed E-state index contributed by atoms with van der Waals surface area (Å²) in [4.78, 5) is 38.5. The molecular formula is C20H32N4O7S. The molecule has 0 aromatic heterocycles. The molecule has 12 heteroatoms. The summed E-state index contributed by atoms with van der Waals surface area (Å²) >= 11 is 0. The van der Waals surface area contributed by atoms with E-state index in [1.807, 2.05) is 4.72 Å². The maximum absolute atomic E-state index is 13.1. The van der Waals surface area contributed by atoms with Gasteiger partial charge in [0.15, 0.2) is 0 Å². The lowest BCUT2D eigenvalue weighted by atomic mass is 9.99. The SMILES string of the molecule is CC(C)[C@H](NC(=O)OC(C)(C)C)C(=O)N(C)[C@@H](Cc1ccc(NS(=O)(=O)O)cc1)C(N)=O. The lowest BCUT2D eigenvalue weighted by molar-refractivity contribution is -0.140. The molecule has 0 unspecified atom stereocenters. The van der Waals surface area contributed by atoms with Gasteiger partial charge in [-0.2, -0.15) is 8.42 Å². The second kappa shape index (κ2) is 10.6. The van der Waals surface area contributed by atoms with Crippen molar-refractivity contribution in [1.82, 2.24) is 10.2 Å². The van der Waals surface area contributed by atoms with Crippen molar-refractivity contribution >= 4 is 33.9 Å². The van der Waals surface area contributed by atoms with Crippen LogP contribution in [-0.2, 0) is 31.1 Å². The van der Waals surface area contributed by atoms with Gasteiger partial charge in [0.1, 0.15) is 17.7 Å². The molecule has 1 aromatic carbocycles. The monoisotopic (exact) mass is 472 g/mol. The molecule has 0 saturated carbocycles. The summed E-state index contributed by atoms with van der Waals surface area (Å²) in [5.41, 5.74) is 5.50. The smallest absolute Gasteiger partial charge is 0.408 e. The van der Waals surface area contributed by atoms with E-state index in [4.69, 9.17) is 15.0 Å². The number of amides is 3. The fraction of sp³-hybridized carbons (Fsp3) is 0.550. The normalized spacial score (nSPS) is 13.8. The fourth-order valence-electron chi connectivity index (χ4n) is 2.83. The van der Waals surface area contributed by atoms with Crippen molar-refractivity contribution in [3.05, 3.63) is 29.8 Å². The summed E-state index contributed by atoms with van der Waals surface area (Å²) in [5, 5.41) is 2.55. The van der Waals surface area contributed by atoms with Crippen molar-refractivity contribution < 1.29 is 32.1 Å². The van der Waals surface area contributed by atoms with Gasteiger partial charge >= 0.3 is 16.4 Å². The van der Waals surface area contributed by atoms with E-state index in [9.17, 15) is 22.8 Å². The maximum Gasteiger partial charge on any atom is 0.408 e. The van der Waals surface area contributed by atoms with Gasteiger partial charge in [-0.25, -0.2) is 4.79 Å². The molecule has 0 saturated heterocycles. The third-order valence-corrected chi connectivity index (χ3v) is 4.87. The second-order valence-corrected chi connectivity index (χ2v) is 9.87. The lowest BCUT2D eigenvalue weighted by Crippen LogP contribution is -2.56. The van der Waals surface area contributed by atoms with Crippen molar-refractivity contribution in [2.45, 2.75) is 58.7 Å². The zero-order valence-corrected chi connectivity index (χ0v) is 19.9. The van der Waals surface area contributed by atoms with E-state index < -0.39 is 45.9 Å². The number of rotatable bonds is 9. The number of carbonyl (C=O) groups excluding carboxylic acids is 3. The van der Waals surface area contributed by atoms with Crippen molar-refractivity contribution in [1.29, 1.82) is 0 Å². The van der Waals surface area contributed by atoms with Crippen LogP contribution in [0.15, 0.2) is 24.3 Å². The summed E-state index contributed by atoms with van der Waals surface area (Å²) in [6.07, 6.45) is -0.698. The van der Waals surface area contributed by atoms with E-state index in [0.717, 1.165) is 0 Å². The highest BCUT2D eigenvalue weighted by atomic mass is 32.2. The molecule has 0 aliphatic rings. The third kappa shape index (κ3) is 9.10. The van der Waals surface area contributed by atoms with Crippen LogP contribution in [0.3, 0.4) is 0 Å². The Balaban J connectivity index is 2.99. The first-order valence-corrected chi connectivity index (χ1v) is 11.3. The number of hydrogen-bond donors (Lipinski definition) is 4. The summed E-state index contributed by atoms with van der Waals surface area (Å²) in [6.45, 7) is 8.59. The summed E-state index contributed by atoms with van der Waals surface area (Å²) in [7, 11) is -3.00. The molecule has 3 amide bonds. The number of alkyl carbamates (subject to hydrolysis) is 1. The molecule has 5 N–H and O–H groups in total. The Morgan fingerprint density at radius 1 is 1.16 bits per heavy atom. The van der Waals surface area contributed by atoms with E-state index >= 15 is 0 Å². The van der Waals surface area contributed by atoms with Crippen molar-refractivity contribution in [3.63, 3.8) is 0 Å². The second-order valence-electron chi connectivity index (χ2n) is 8.71. The molecule has 1 rings (SSSR count). The molecule has 2 atom stereocenters. The fourth-order valence-corrected chi connectivity index (χ4v) is 3.26. The summed E-state index contributed by atoms with van der Waals surface area (Å²) in [6, 6.07) is 3.87. The molecule has 0 aliphatic carbocycles. The minimum absolute atomic E-state index is 0.0565. The van der Waals surface area contributed by atoms with Crippen LogP contribution in [-0.4, -0.2) is 60.5 Å². The summed E-state index contributed by atoms with van der Waals surface area (Å²) in [5.74, 6) is -1.56. The number of ether oxygens (including phenoxy) is 1. The van der Waals surface area contributed by atoms with Crippen LogP contribution >= 0.6 is 0 Å². The topological polar surface area (TPSA) is 168 Å². The number of nitrogens with zero attached hydrogens (tertiary/aromatic N) is 1. The van der Waals surface area contributed by atoms with Crippen LogP contribution in [0, 0.1) is 5.92 Å². The molecule has 0 radical (unpaired) electrons. The van der Waals surface area contributed by atoms with Gasteiger partial charge in [-0.15, -0.1) is 0 Å². The minimum atomic E-state index is -4.41. The quantitative estimate of drug-likeness (QED) is 0.393. The Bertz CT molecular complexity index is 924. The van der Waals surface area contributed by atoms with E-state index in [0.29, 0.717) is 5.56 Å². The first kappa shape index (κ1) is 27.2. The van der Waals surface area contributed by atoms with Gasteiger partial charge in [0.05, 0.1) is 5.69 Å². The lowest BCUT2D eigenvalue weighted by Gasteiger charge is -2.32. The number of likely N-dealkylation sites (N-methyl/N-ethyl adjacent to an activating group) is 1. The van der Waals surface area contributed by atoms with E-state index in [2.05, 4.69) is 5.32 Å². The Morgan fingerprint density at radius 3 is 2.09 bits per heavy atom. The van der Waals surface area contributed by atoms with Crippen molar-refractivity contribution in [3.8, 4) is 0 Å². The number of nitrogens with two attached hydrogens (primary N) is 1. The largest absolute Gasteiger partial charge is 0.444 e. The zero-order chi connectivity index (χ0) is 24.9. The van der Waals surface area contributed by atoms with Gasteiger partial charge in [0.25, 0.3) is 0 Å². The Labute approximate surface area is 188 Å². The van der Waals surface area contributed by atoms with Crippen LogP contribution < -0.4 is 15.8 Å². The van der Waals surface area contributed by atoms with Crippen LogP contribution in [0.2, 0.25) is 0 Å². The standard InChI is InChI=1S/C20H32N4O7S/c1-12(2)16(22-19(27)31-20(3,4)5)18(26)24(6)15(17(21)25)11-13-7-9-14(10-8-13)23-32(28,29)30/h7-10,12,15-16,23H,11H2,1-6H3,(H2,21,25)(H,22,27)(H,28,29,30)/t15-,16-/m0/s1. The van der Waals surface area contributed by atoms with Gasteiger partial charge in [-0.3, -0.25) is 18.9 Å². The van der Waals surface area contributed by atoms with Gasteiger partial charge in [0.2, 0.25) is 11.8 Å². The van der Waals surface area contributed by atoms with E-state index in [-0.39, 0.29) is 18.0 Å². The van der Waals surface area contributed by atoms with E-state index in [1.165, 1.54) is 36.2 Å². The van der Waals surface area contributed by atoms with Crippen LogP contribution in [0.5, 0.6) is 0 Å². The van der Waals surface area contributed by atoms with E-state index in [1.54, 1.807) is 34.6 Å². The first-order valence-electron chi connectivity index (χ1n) is 9.90. The molecule has 0 bridgehead atoms. The maximum atomic E-state index is 13.1. The molecule has 1 aromatic rings. The predicted molar refractivity (Wildman–Crippen MR) is 119 cm³/mol. The Hall–Kier alpha value is -2.86. The number of carbonyl (C=O) groups is 3. The van der Waals surface area contributed by atoms with Crippen LogP contribution in [0.1, 0.15) is 40.2 Å². The molecule has 180 valence electrons. The Morgan fingerprint density at radius 2 is 1.69 bits per heavy atom. The minimum Gasteiger partial charge on any atom is -0.444 e. The number of hydrogen-bond acceptors (Lipinski definition) is 6. The summed E-state index contributed by atoms with van der Waals surface area (Å²) < 4.78 is 37.7. The number of nitrogens with one attached hydrogen (secondary N) is 2. The van der Waals surface area contributed by atoms with Gasteiger partial charge < -0.3 is 20.7 Å². The van der Waals surface area contributed by atoms with Gasteiger partial charge in [-0.1, -0.05) is 26.0 Å². The van der Waals surface area contributed by atoms with Crippen molar-refractivity contribution in [2.75, 3.05) is 11.8 Å². The molecule has 0 fully saturated rings. The molecule has 32 heavy (non-hydrogen) atoms. The Kier molecular flexibility index (Phi) is 9.03. The molecule has 0 aliphatic heterocycles. The molecule has 0 spiro atoms. The average Bonchev–Trinajstić information content (AvgIpc) is 2.61. The zero-order valence-electron chi connectivity index (χ0n) is 19.1. The van der Waals surface area contributed by atoms with Crippen LogP contribution in [0.25, 0.3) is 0 Å². The average molecular weight is 473 g/mol.